The van der Waals surface area contributed by atoms with Gasteiger partial charge in [-0.3, -0.25) is 0 Å². The number of rotatable bonds is 2. The first-order valence-electron chi connectivity index (χ1n) is 6.86. The Kier molecular flexibility index (Phi) is 3.62. The van der Waals surface area contributed by atoms with Crippen LogP contribution in [0.15, 0.2) is 36.4 Å². The van der Waals surface area contributed by atoms with Crippen LogP contribution in [0.25, 0.3) is 0 Å². The summed E-state index contributed by atoms with van der Waals surface area (Å²) in [6, 6.07) is 10.6. The molecule has 2 aromatic carbocycles. The van der Waals surface area contributed by atoms with E-state index >= 15 is 0 Å². The van der Waals surface area contributed by atoms with Gasteiger partial charge in [-0.1, -0.05) is 43.1 Å². The third-order valence-corrected chi connectivity index (χ3v) is 4.47. The molecule has 3 rings (SSSR count). The smallest absolute Gasteiger partial charge is 0.126 e. The second-order valence-electron chi connectivity index (χ2n) is 6.24. The Labute approximate surface area is 134 Å². The average molecular weight is 324 g/mol. The van der Waals surface area contributed by atoms with Gasteiger partial charge in [-0.25, -0.2) is 4.39 Å². The van der Waals surface area contributed by atoms with Crippen LogP contribution in [-0.2, 0) is 6.42 Å². The summed E-state index contributed by atoms with van der Waals surface area (Å²) in [5.74, 6) is -0.341. The predicted octanol–water partition coefficient (Wildman–Crippen LogP) is 5.87. The second-order valence-corrected chi connectivity index (χ2v) is 7.12. The second kappa shape index (κ2) is 5.19. The van der Waals surface area contributed by atoms with Crippen LogP contribution in [0.5, 0.6) is 0 Å². The molecule has 1 unspecified atom stereocenters. The lowest BCUT2D eigenvalue weighted by Gasteiger charge is -2.29. The van der Waals surface area contributed by atoms with Crippen molar-refractivity contribution >= 4 is 28.9 Å². The Morgan fingerprint density at radius 2 is 1.86 bits per heavy atom. The van der Waals surface area contributed by atoms with Crippen molar-refractivity contribution in [2.75, 3.05) is 5.32 Å². The molecule has 0 saturated heterocycles. The number of hydrogen-bond acceptors (Lipinski definition) is 1. The summed E-state index contributed by atoms with van der Waals surface area (Å²) in [4.78, 5) is 0. The van der Waals surface area contributed by atoms with Gasteiger partial charge in [0.05, 0.1) is 6.04 Å². The number of hydrogen-bond donors (Lipinski definition) is 1. The molecule has 0 saturated carbocycles. The fourth-order valence-electron chi connectivity index (χ4n) is 3.09. The minimum atomic E-state index is -0.341. The molecule has 0 aromatic heterocycles. The first-order valence-corrected chi connectivity index (χ1v) is 7.62. The van der Waals surface area contributed by atoms with Crippen LogP contribution in [0.3, 0.4) is 0 Å². The SMILES string of the molecule is CC1(C)Cc2ccc(Cl)cc2C1Nc1cc(F)cc(Cl)c1. The van der Waals surface area contributed by atoms with E-state index in [9.17, 15) is 4.39 Å². The van der Waals surface area contributed by atoms with E-state index in [2.05, 4.69) is 25.2 Å². The lowest BCUT2D eigenvalue weighted by molar-refractivity contribution is 0.337. The van der Waals surface area contributed by atoms with E-state index in [4.69, 9.17) is 23.2 Å². The van der Waals surface area contributed by atoms with Crippen molar-refractivity contribution in [3.05, 3.63) is 63.4 Å². The molecule has 0 heterocycles. The number of anilines is 1. The number of nitrogens with one attached hydrogen (secondary N) is 1. The van der Waals surface area contributed by atoms with Crippen LogP contribution in [0, 0.1) is 11.2 Å². The van der Waals surface area contributed by atoms with Gasteiger partial charge in [0.1, 0.15) is 5.82 Å². The zero-order chi connectivity index (χ0) is 15.2. The highest BCUT2D eigenvalue weighted by molar-refractivity contribution is 6.31. The molecule has 110 valence electrons. The van der Waals surface area contributed by atoms with E-state index in [-0.39, 0.29) is 17.3 Å². The van der Waals surface area contributed by atoms with Gasteiger partial charge >= 0.3 is 0 Å². The number of benzene rings is 2. The third-order valence-electron chi connectivity index (χ3n) is 4.02. The van der Waals surface area contributed by atoms with Gasteiger partial charge in [0, 0.05) is 15.7 Å². The van der Waals surface area contributed by atoms with Gasteiger partial charge < -0.3 is 5.32 Å². The van der Waals surface area contributed by atoms with E-state index in [1.54, 1.807) is 6.07 Å². The Morgan fingerprint density at radius 3 is 2.57 bits per heavy atom. The standard InChI is InChI=1S/C17H16Cl2FN/c1-17(2)9-10-3-4-11(18)7-15(10)16(17)21-14-6-12(19)5-13(20)8-14/h3-8,16,21H,9H2,1-2H3. The highest BCUT2D eigenvalue weighted by Crippen LogP contribution is 2.47. The zero-order valence-corrected chi connectivity index (χ0v) is 13.4. The molecule has 21 heavy (non-hydrogen) atoms. The van der Waals surface area contributed by atoms with E-state index in [0.29, 0.717) is 10.7 Å². The summed E-state index contributed by atoms with van der Waals surface area (Å²) < 4.78 is 13.5. The summed E-state index contributed by atoms with van der Waals surface area (Å²) in [6.07, 6.45) is 0.959. The zero-order valence-electron chi connectivity index (χ0n) is 11.9. The molecule has 0 radical (unpaired) electrons. The quantitative estimate of drug-likeness (QED) is 0.728. The van der Waals surface area contributed by atoms with Crippen molar-refractivity contribution in [2.45, 2.75) is 26.3 Å². The molecule has 0 amide bonds. The Bertz CT molecular complexity index is 677. The molecule has 0 spiro atoms. The molecule has 4 heteroatoms. The fourth-order valence-corrected chi connectivity index (χ4v) is 3.49. The van der Waals surface area contributed by atoms with Gasteiger partial charge in [0.25, 0.3) is 0 Å². The average Bonchev–Trinajstić information content (AvgIpc) is 2.60. The first-order chi connectivity index (χ1) is 9.85. The van der Waals surface area contributed by atoms with Crippen LogP contribution < -0.4 is 5.32 Å². The summed E-state index contributed by atoms with van der Waals surface area (Å²) in [5, 5.41) is 4.52. The van der Waals surface area contributed by atoms with E-state index < -0.39 is 0 Å². The summed E-state index contributed by atoms with van der Waals surface area (Å²) in [6.45, 7) is 4.39. The van der Waals surface area contributed by atoms with Crippen molar-refractivity contribution in [2.24, 2.45) is 5.41 Å². The molecule has 1 atom stereocenters. The molecule has 1 aliphatic rings. The molecular formula is C17H16Cl2FN. The van der Waals surface area contributed by atoms with Crippen LogP contribution in [0.2, 0.25) is 10.0 Å². The molecule has 1 N–H and O–H groups in total. The van der Waals surface area contributed by atoms with Gasteiger partial charge in [-0.05, 0) is 53.3 Å². The molecule has 0 bridgehead atoms. The van der Waals surface area contributed by atoms with Crippen molar-refractivity contribution < 1.29 is 4.39 Å². The summed E-state index contributed by atoms with van der Waals surface area (Å²) in [7, 11) is 0. The lowest BCUT2D eigenvalue weighted by atomic mass is 9.85. The van der Waals surface area contributed by atoms with Gasteiger partial charge in [0.15, 0.2) is 0 Å². The van der Waals surface area contributed by atoms with Crippen LogP contribution in [0.4, 0.5) is 10.1 Å². The van der Waals surface area contributed by atoms with E-state index in [1.165, 1.54) is 23.3 Å². The molecule has 0 fully saturated rings. The maximum Gasteiger partial charge on any atom is 0.126 e. The largest absolute Gasteiger partial charge is 0.378 e. The molecule has 1 nitrogen and oxygen atoms in total. The van der Waals surface area contributed by atoms with Crippen molar-refractivity contribution in [1.29, 1.82) is 0 Å². The minimum Gasteiger partial charge on any atom is -0.378 e. The predicted molar refractivity (Wildman–Crippen MR) is 86.7 cm³/mol. The van der Waals surface area contributed by atoms with Crippen LogP contribution in [0.1, 0.15) is 31.0 Å². The lowest BCUT2D eigenvalue weighted by Crippen LogP contribution is -2.24. The van der Waals surface area contributed by atoms with Gasteiger partial charge in [-0.2, -0.15) is 0 Å². The Balaban J connectivity index is 1.99. The normalized spacial score (nSPS) is 19.4. The third kappa shape index (κ3) is 2.88. The minimum absolute atomic E-state index is 0.0197. The number of fused-ring (bicyclic) bond motifs is 1. The Morgan fingerprint density at radius 1 is 1.10 bits per heavy atom. The highest BCUT2D eigenvalue weighted by atomic mass is 35.5. The maximum absolute atomic E-state index is 13.5. The maximum atomic E-state index is 13.5. The topological polar surface area (TPSA) is 12.0 Å². The number of halogens is 3. The van der Waals surface area contributed by atoms with Crippen LogP contribution >= 0.6 is 23.2 Å². The molecule has 2 aromatic rings. The van der Waals surface area contributed by atoms with Crippen molar-refractivity contribution in [3.63, 3.8) is 0 Å². The highest BCUT2D eigenvalue weighted by Gasteiger charge is 2.39. The fraction of sp³-hybridized carbons (Fsp3) is 0.294. The van der Waals surface area contributed by atoms with Gasteiger partial charge in [-0.15, -0.1) is 0 Å². The molecule has 0 aliphatic heterocycles. The first kappa shape index (κ1) is 14.7. The summed E-state index contributed by atoms with van der Waals surface area (Å²) >= 11 is 12.1. The summed E-state index contributed by atoms with van der Waals surface area (Å²) in [5.41, 5.74) is 3.16. The van der Waals surface area contributed by atoms with Crippen molar-refractivity contribution in [1.82, 2.24) is 0 Å². The molecular weight excluding hydrogens is 308 g/mol. The Hall–Kier alpha value is -1.25. The molecule has 1 aliphatic carbocycles. The van der Waals surface area contributed by atoms with E-state index in [0.717, 1.165) is 11.4 Å². The van der Waals surface area contributed by atoms with Gasteiger partial charge in [0.2, 0.25) is 0 Å². The van der Waals surface area contributed by atoms with Crippen LogP contribution in [-0.4, -0.2) is 0 Å². The van der Waals surface area contributed by atoms with E-state index in [1.807, 2.05) is 12.1 Å². The van der Waals surface area contributed by atoms with Crippen molar-refractivity contribution in [3.8, 4) is 0 Å². The monoisotopic (exact) mass is 323 g/mol.